The van der Waals surface area contributed by atoms with E-state index < -0.39 is 0 Å². The van der Waals surface area contributed by atoms with Gasteiger partial charge in [0.2, 0.25) is 0 Å². The minimum absolute atomic E-state index is 0.00279. The number of nitrogens with zero attached hydrogens (tertiary/aromatic N) is 3. The van der Waals surface area contributed by atoms with Crippen molar-refractivity contribution in [1.82, 2.24) is 14.7 Å². The summed E-state index contributed by atoms with van der Waals surface area (Å²) in [5, 5.41) is 4.13. The number of aromatic nitrogens is 2. The molecule has 1 saturated heterocycles. The number of hydrogen-bond donors (Lipinski definition) is 0. The molecule has 3 aliphatic rings. The van der Waals surface area contributed by atoms with Gasteiger partial charge in [0.1, 0.15) is 5.69 Å². The van der Waals surface area contributed by atoms with Crippen LogP contribution in [0.1, 0.15) is 49.0 Å². The summed E-state index contributed by atoms with van der Waals surface area (Å²) in [6.45, 7) is 1.49. The van der Waals surface area contributed by atoms with Crippen molar-refractivity contribution in [3.63, 3.8) is 0 Å². The minimum atomic E-state index is -0.282. The molecular formula is C19H27N3O4. The predicted molar refractivity (Wildman–Crippen MR) is 95.0 cm³/mol. The molecule has 26 heavy (non-hydrogen) atoms. The van der Waals surface area contributed by atoms with Crippen molar-refractivity contribution in [2.45, 2.75) is 56.3 Å². The van der Waals surface area contributed by atoms with Crippen LogP contribution in [0.4, 0.5) is 0 Å². The summed E-state index contributed by atoms with van der Waals surface area (Å²) in [7, 11) is 3.31. The number of carbonyl (C=O) groups excluding carboxylic acids is 1. The Bertz CT molecular complexity index is 745. The maximum atomic E-state index is 13.1. The zero-order valence-electron chi connectivity index (χ0n) is 15.5. The highest BCUT2D eigenvalue weighted by Gasteiger charge is 2.53. The Kier molecular flexibility index (Phi) is 4.61. The molecule has 7 nitrogen and oxygen atoms in total. The van der Waals surface area contributed by atoms with Crippen molar-refractivity contribution in [2.75, 3.05) is 20.3 Å². The monoisotopic (exact) mass is 361 g/mol. The van der Waals surface area contributed by atoms with E-state index in [4.69, 9.17) is 9.47 Å². The SMILES string of the molecule is COC12CCC(OCC3CC3)CC1N(C(=O)c1ccc(=O)n(C)n1)CC2. The first-order valence-corrected chi connectivity index (χ1v) is 9.54. The second-order valence-electron chi connectivity index (χ2n) is 7.89. The molecule has 0 radical (unpaired) electrons. The van der Waals surface area contributed by atoms with Crippen molar-refractivity contribution in [2.24, 2.45) is 13.0 Å². The van der Waals surface area contributed by atoms with Crippen molar-refractivity contribution in [1.29, 1.82) is 0 Å². The maximum Gasteiger partial charge on any atom is 0.274 e. The number of carbonyl (C=O) groups is 1. The summed E-state index contributed by atoms with van der Waals surface area (Å²) in [6.07, 6.45) is 6.28. The van der Waals surface area contributed by atoms with Crippen LogP contribution >= 0.6 is 0 Å². The van der Waals surface area contributed by atoms with Crippen LogP contribution in [0.2, 0.25) is 0 Å². The number of methoxy groups -OCH3 is 1. The molecule has 0 N–H and O–H groups in total. The molecule has 4 rings (SSSR count). The molecule has 1 aliphatic heterocycles. The molecule has 3 unspecified atom stereocenters. The zero-order valence-corrected chi connectivity index (χ0v) is 15.5. The van der Waals surface area contributed by atoms with Gasteiger partial charge in [-0.25, -0.2) is 4.68 Å². The summed E-state index contributed by atoms with van der Waals surface area (Å²) >= 11 is 0. The second-order valence-corrected chi connectivity index (χ2v) is 7.89. The normalized spacial score (nSPS) is 31.1. The average molecular weight is 361 g/mol. The van der Waals surface area contributed by atoms with Gasteiger partial charge in [-0.3, -0.25) is 9.59 Å². The van der Waals surface area contributed by atoms with Gasteiger partial charge in [-0.15, -0.1) is 0 Å². The zero-order chi connectivity index (χ0) is 18.3. The number of likely N-dealkylation sites (tertiary alicyclic amines) is 1. The maximum absolute atomic E-state index is 13.1. The van der Waals surface area contributed by atoms with E-state index in [9.17, 15) is 9.59 Å². The first kappa shape index (κ1) is 17.7. The molecule has 0 spiro atoms. The predicted octanol–water partition coefficient (Wildman–Crippen LogP) is 1.36. The fourth-order valence-corrected chi connectivity index (χ4v) is 4.38. The summed E-state index contributed by atoms with van der Waals surface area (Å²) in [5.74, 6) is 0.604. The molecule has 7 heteroatoms. The smallest absolute Gasteiger partial charge is 0.274 e. The Morgan fingerprint density at radius 3 is 2.81 bits per heavy atom. The van der Waals surface area contributed by atoms with Gasteiger partial charge in [-0.05, 0) is 50.5 Å². The van der Waals surface area contributed by atoms with E-state index >= 15 is 0 Å². The molecule has 142 valence electrons. The highest BCUT2D eigenvalue weighted by Crippen LogP contribution is 2.44. The van der Waals surface area contributed by atoms with Gasteiger partial charge in [0.15, 0.2) is 0 Å². The van der Waals surface area contributed by atoms with E-state index in [0.717, 1.165) is 38.2 Å². The number of amides is 1. The highest BCUT2D eigenvalue weighted by molar-refractivity contribution is 5.92. The lowest BCUT2D eigenvalue weighted by atomic mass is 9.79. The van der Waals surface area contributed by atoms with Crippen molar-refractivity contribution < 1.29 is 14.3 Å². The molecule has 0 aromatic carbocycles. The van der Waals surface area contributed by atoms with Crippen LogP contribution in [-0.2, 0) is 16.5 Å². The van der Waals surface area contributed by atoms with Gasteiger partial charge in [0, 0.05) is 33.4 Å². The quantitative estimate of drug-likeness (QED) is 0.792. The van der Waals surface area contributed by atoms with Crippen molar-refractivity contribution in [3.8, 4) is 0 Å². The van der Waals surface area contributed by atoms with Gasteiger partial charge in [0.05, 0.1) is 17.7 Å². The number of hydrogen-bond acceptors (Lipinski definition) is 5. The van der Waals surface area contributed by atoms with Crippen LogP contribution in [0.25, 0.3) is 0 Å². The Labute approximate surface area is 153 Å². The number of fused-ring (bicyclic) bond motifs is 1. The van der Waals surface area contributed by atoms with Crippen LogP contribution in [-0.4, -0.2) is 58.6 Å². The Balaban J connectivity index is 1.52. The van der Waals surface area contributed by atoms with E-state index in [1.165, 1.54) is 29.7 Å². The molecule has 3 atom stereocenters. The summed E-state index contributed by atoms with van der Waals surface area (Å²) < 4.78 is 13.2. The molecule has 2 heterocycles. The van der Waals surface area contributed by atoms with Crippen LogP contribution < -0.4 is 5.56 Å². The molecule has 3 fully saturated rings. The Morgan fingerprint density at radius 1 is 1.31 bits per heavy atom. The second kappa shape index (κ2) is 6.78. The molecular weight excluding hydrogens is 334 g/mol. The number of rotatable bonds is 5. The summed E-state index contributed by atoms with van der Waals surface area (Å²) in [5.41, 5.74) is -0.198. The summed E-state index contributed by atoms with van der Waals surface area (Å²) in [4.78, 5) is 26.5. The van der Waals surface area contributed by atoms with Crippen molar-refractivity contribution in [3.05, 3.63) is 28.2 Å². The van der Waals surface area contributed by atoms with Crippen LogP contribution in [0.3, 0.4) is 0 Å². The van der Waals surface area contributed by atoms with Gasteiger partial charge in [0.25, 0.3) is 11.5 Å². The standard InChI is InChI=1S/C19H27N3O4/c1-21-17(23)6-5-15(20-21)18(24)22-10-9-19(25-2)8-7-14(11-16(19)22)26-12-13-3-4-13/h5-6,13-14,16H,3-4,7-12H2,1-2H3. The Morgan fingerprint density at radius 2 is 2.12 bits per heavy atom. The minimum Gasteiger partial charge on any atom is -0.378 e. The first-order chi connectivity index (χ1) is 12.5. The van der Waals surface area contributed by atoms with Crippen LogP contribution in [0.15, 0.2) is 16.9 Å². The van der Waals surface area contributed by atoms with Gasteiger partial charge >= 0.3 is 0 Å². The molecule has 1 aromatic heterocycles. The third kappa shape index (κ3) is 3.18. The van der Waals surface area contributed by atoms with Gasteiger partial charge in [-0.1, -0.05) is 0 Å². The Hall–Kier alpha value is -1.73. The molecule has 2 aliphatic carbocycles. The van der Waals surface area contributed by atoms with Crippen LogP contribution in [0.5, 0.6) is 0 Å². The van der Waals surface area contributed by atoms with Crippen molar-refractivity contribution >= 4 is 5.91 Å². The lowest BCUT2D eigenvalue weighted by molar-refractivity contribution is -0.0977. The highest BCUT2D eigenvalue weighted by atomic mass is 16.5. The summed E-state index contributed by atoms with van der Waals surface area (Å²) in [6, 6.07) is 2.90. The lowest BCUT2D eigenvalue weighted by Crippen LogP contribution is -2.53. The third-order valence-corrected chi connectivity index (χ3v) is 6.25. The fraction of sp³-hybridized carbons (Fsp3) is 0.737. The third-order valence-electron chi connectivity index (χ3n) is 6.25. The van der Waals surface area contributed by atoms with Gasteiger partial charge in [-0.2, -0.15) is 5.10 Å². The molecule has 1 aromatic rings. The average Bonchev–Trinajstić information content (AvgIpc) is 3.41. The fourth-order valence-electron chi connectivity index (χ4n) is 4.38. The lowest BCUT2D eigenvalue weighted by Gasteiger charge is -2.43. The van der Waals surface area contributed by atoms with Crippen LogP contribution in [0, 0.1) is 5.92 Å². The topological polar surface area (TPSA) is 73.7 Å². The number of aryl methyl sites for hydroxylation is 1. The van der Waals surface area contributed by atoms with E-state index in [-0.39, 0.29) is 29.2 Å². The van der Waals surface area contributed by atoms with E-state index in [2.05, 4.69) is 5.10 Å². The van der Waals surface area contributed by atoms with E-state index in [1.807, 2.05) is 4.90 Å². The first-order valence-electron chi connectivity index (χ1n) is 9.54. The molecule has 0 bridgehead atoms. The van der Waals surface area contributed by atoms with Gasteiger partial charge < -0.3 is 14.4 Å². The van der Waals surface area contributed by atoms with E-state index in [1.54, 1.807) is 14.2 Å². The number of ether oxygens (including phenoxy) is 2. The largest absolute Gasteiger partial charge is 0.378 e. The van der Waals surface area contributed by atoms with E-state index in [0.29, 0.717) is 12.2 Å². The molecule has 2 saturated carbocycles. The molecule has 1 amide bonds.